The molecule has 1 aliphatic heterocycles. The summed E-state index contributed by atoms with van der Waals surface area (Å²) in [6.45, 7) is 7.84. The molecule has 1 saturated heterocycles. The highest BCUT2D eigenvalue weighted by Crippen LogP contribution is 2.20. The van der Waals surface area contributed by atoms with Gasteiger partial charge in [0.1, 0.15) is 17.5 Å². The van der Waals surface area contributed by atoms with Gasteiger partial charge in [-0.1, -0.05) is 30.3 Å². The SMILES string of the molecule is CC(C)(C)OC(=O)N1CCC(Oc2cc[n+](Cc3ccccc3)cc2)CC1.[Br-]. The Kier molecular flexibility index (Phi) is 7.87. The maximum absolute atomic E-state index is 12.1. The van der Waals surface area contributed by atoms with Crippen molar-refractivity contribution in [3.63, 3.8) is 0 Å². The molecule has 0 atom stereocenters. The van der Waals surface area contributed by atoms with Crippen LogP contribution in [0.5, 0.6) is 5.75 Å². The minimum absolute atomic E-state index is 0. The van der Waals surface area contributed by atoms with Crippen molar-refractivity contribution in [3.05, 3.63) is 60.4 Å². The Morgan fingerprint density at radius 3 is 2.25 bits per heavy atom. The third-order valence-corrected chi connectivity index (χ3v) is 4.46. The van der Waals surface area contributed by atoms with Gasteiger partial charge in [0.15, 0.2) is 18.9 Å². The highest BCUT2D eigenvalue weighted by atomic mass is 79.9. The van der Waals surface area contributed by atoms with Crippen molar-refractivity contribution in [2.45, 2.75) is 51.9 Å². The molecule has 0 radical (unpaired) electrons. The molecule has 1 aromatic carbocycles. The molecule has 1 fully saturated rings. The lowest BCUT2D eigenvalue weighted by atomic mass is 10.1. The van der Waals surface area contributed by atoms with E-state index in [0.717, 1.165) is 25.1 Å². The van der Waals surface area contributed by atoms with E-state index in [2.05, 4.69) is 28.8 Å². The average molecular weight is 449 g/mol. The lowest BCUT2D eigenvalue weighted by Gasteiger charge is -2.33. The van der Waals surface area contributed by atoms with Gasteiger partial charge in [0.25, 0.3) is 0 Å². The summed E-state index contributed by atoms with van der Waals surface area (Å²) in [5, 5.41) is 0. The Bertz CT molecular complexity index is 737. The molecule has 0 unspecified atom stereocenters. The van der Waals surface area contributed by atoms with E-state index in [9.17, 15) is 4.79 Å². The number of hydrogen-bond donors (Lipinski definition) is 0. The first-order chi connectivity index (χ1) is 12.9. The molecule has 1 aliphatic rings. The molecule has 152 valence electrons. The van der Waals surface area contributed by atoms with Crippen molar-refractivity contribution in [2.24, 2.45) is 0 Å². The maximum atomic E-state index is 12.1. The number of ether oxygens (including phenoxy) is 2. The summed E-state index contributed by atoms with van der Waals surface area (Å²) in [5.41, 5.74) is 0.814. The minimum Gasteiger partial charge on any atom is -1.00 e. The van der Waals surface area contributed by atoms with E-state index in [4.69, 9.17) is 9.47 Å². The van der Waals surface area contributed by atoms with Gasteiger partial charge in [-0.05, 0) is 20.8 Å². The first-order valence-electron chi connectivity index (χ1n) is 9.57. The van der Waals surface area contributed by atoms with Crippen molar-refractivity contribution in [1.29, 1.82) is 0 Å². The van der Waals surface area contributed by atoms with Crippen LogP contribution in [0.15, 0.2) is 54.9 Å². The van der Waals surface area contributed by atoms with Gasteiger partial charge in [0.2, 0.25) is 0 Å². The molecule has 5 nitrogen and oxygen atoms in total. The van der Waals surface area contributed by atoms with Gasteiger partial charge in [-0.15, -0.1) is 0 Å². The summed E-state index contributed by atoms with van der Waals surface area (Å²) in [7, 11) is 0. The van der Waals surface area contributed by atoms with E-state index >= 15 is 0 Å². The Labute approximate surface area is 178 Å². The molecule has 3 rings (SSSR count). The Morgan fingerprint density at radius 2 is 1.68 bits per heavy atom. The van der Waals surface area contributed by atoms with E-state index in [-0.39, 0.29) is 29.2 Å². The average Bonchev–Trinajstić information content (AvgIpc) is 2.63. The highest BCUT2D eigenvalue weighted by Gasteiger charge is 2.27. The molecule has 1 aromatic heterocycles. The Balaban J connectivity index is 0.00000280. The summed E-state index contributed by atoms with van der Waals surface area (Å²) in [5.74, 6) is 0.870. The fourth-order valence-corrected chi connectivity index (χ4v) is 3.10. The summed E-state index contributed by atoms with van der Waals surface area (Å²) >= 11 is 0. The molecule has 28 heavy (non-hydrogen) atoms. The van der Waals surface area contributed by atoms with Gasteiger partial charge in [-0.2, -0.15) is 0 Å². The zero-order chi connectivity index (χ0) is 19.3. The van der Waals surface area contributed by atoms with Crippen LogP contribution in [0.2, 0.25) is 0 Å². The number of likely N-dealkylation sites (tertiary alicyclic amines) is 1. The molecule has 0 aliphatic carbocycles. The number of carbonyl (C=O) groups excluding carboxylic acids is 1. The summed E-state index contributed by atoms with van der Waals surface area (Å²) in [6, 6.07) is 14.4. The molecular weight excluding hydrogens is 420 g/mol. The van der Waals surface area contributed by atoms with E-state index in [0.29, 0.717) is 13.1 Å². The van der Waals surface area contributed by atoms with Crippen molar-refractivity contribution in [3.8, 4) is 5.75 Å². The Hall–Kier alpha value is -2.08. The predicted octanol–water partition coefficient (Wildman–Crippen LogP) is 0.805. The summed E-state index contributed by atoms with van der Waals surface area (Å²) < 4.78 is 13.7. The second-order valence-corrected chi connectivity index (χ2v) is 7.98. The smallest absolute Gasteiger partial charge is 0.410 e. The molecule has 0 N–H and O–H groups in total. The minimum atomic E-state index is -0.455. The van der Waals surface area contributed by atoms with Gasteiger partial charge in [-0.25, -0.2) is 9.36 Å². The quantitative estimate of drug-likeness (QED) is 0.649. The molecular formula is C22H29BrN2O3. The summed E-state index contributed by atoms with van der Waals surface area (Å²) in [6.07, 6.45) is 5.61. The maximum Gasteiger partial charge on any atom is 0.410 e. The van der Waals surface area contributed by atoms with Crippen LogP contribution in [0.4, 0.5) is 4.79 Å². The van der Waals surface area contributed by atoms with Gasteiger partial charge in [-0.3, -0.25) is 0 Å². The van der Waals surface area contributed by atoms with Gasteiger partial charge < -0.3 is 31.4 Å². The number of aromatic nitrogens is 1. The van der Waals surface area contributed by atoms with Crippen LogP contribution in [0.1, 0.15) is 39.2 Å². The van der Waals surface area contributed by atoms with Crippen LogP contribution in [0.25, 0.3) is 0 Å². The van der Waals surface area contributed by atoms with Gasteiger partial charge >= 0.3 is 6.09 Å². The fourth-order valence-electron chi connectivity index (χ4n) is 3.10. The zero-order valence-corrected chi connectivity index (χ0v) is 18.4. The van der Waals surface area contributed by atoms with Gasteiger partial charge in [0.05, 0.1) is 0 Å². The number of piperidine rings is 1. The zero-order valence-electron chi connectivity index (χ0n) is 16.8. The summed E-state index contributed by atoms with van der Waals surface area (Å²) in [4.78, 5) is 13.9. The van der Waals surface area contributed by atoms with Crippen molar-refractivity contribution >= 4 is 6.09 Å². The largest absolute Gasteiger partial charge is 1.00 e. The second kappa shape index (κ2) is 9.92. The van der Waals surface area contributed by atoms with E-state index in [1.165, 1.54) is 5.56 Å². The first kappa shape index (κ1) is 22.2. The monoisotopic (exact) mass is 448 g/mol. The predicted molar refractivity (Wildman–Crippen MR) is 104 cm³/mol. The number of nitrogens with zero attached hydrogens (tertiary/aromatic N) is 2. The number of pyridine rings is 1. The van der Waals surface area contributed by atoms with Crippen LogP contribution in [0.3, 0.4) is 0 Å². The van der Waals surface area contributed by atoms with E-state index in [1.54, 1.807) is 4.90 Å². The third-order valence-electron chi connectivity index (χ3n) is 4.46. The number of carbonyl (C=O) groups is 1. The van der Waals surface area contributed by atoms with E-state index in [1.807, 2.05) is 51.4 Å². The highest BCUT2D eigenvalue weighted by molar-refractivity contribution is 5.68. The standard InChI is InChI=1S/C22H29N2O3.BrH/c1-22(2,3)27-21(25)24-15-11-20(12-16-24)26-19-9-13-23(14-10-19)17-18-7-5-4-6-8-18;/h4-10,13-14,20H,11-12,15-17H2,1-3H3;1H/q+1;/p-1. The number of benzene rings is 1. The molecule has 2 heterocycles. The number of amides is 1. The Morgan fingerprint density at radius 1 is 1.07 bits per heavy atom. The number of rotatable bonds is 4. The molecule has 1 amide bonds. The van der Waals surface area contributed by atoms with Gasteiger partial charge in [0, 0.05) is 43.6 Å². The van der Waals surface area contributed by atoms with E-state index < -0.39 is 5.60 Å². The van der Waals surface area contributed by atoms with Crippen molar-refractivity contribution in [2.75, 3.05) is 13.1 Å². The lowest BCUT2D eigenvalue weighted by Crippen LogP contribution is -3.00. The normalized spacial score (nSPS) is 14.9. The van der Waals surface area contributed by atoms with Crippen LogP contribution in [0, 0.1) is 0 Å². The second-order valence-electron chi connectivity index (χ2n) is 7.98. The molecule has 6 heteroatoms. The molecule has 0 bridgehead atoms. The molecule has 0 spiro atoms. The topological polar surface area (TPSA) is 42.6 Å². The third kappa shape index (κ3) is 6.82. The van der Waals surface area contributed by atoms with Crippen LogP contribution >= 0.6 is 0 Å². The van der Waals surface area contributed by atoms with Crippen molar-refractivity contribution < 1.29 is 35.8 Å². The molecule has 0 saturated carbocycles. The number of hydrogen-bond acceptors (Lipinski definition) is 3. The van der Waals surface area contributed by atoms with Crippen molar-refractivity contribution in [1.82, 2.24) is 4.90 Å². The fraction of sp³-hybridized carbons (Fsp3) is 0.455. The first-order valence-corrected chi connectivity index (χ1v) is 9.57. The number of halogens is 1. The molecule has 2 aromatic rings. The van der Waals surface area contributed by atoms with Crippen LogP contribution < -0.4 is 26.3 Å². The lowest BCUT2D eigenvalue weighted by molar-refractivity contribution is -0.688. The van der Waals surface area contributed by atoms with Crippen LogP contribution in [-0.2, 0) is 11.3 Å². The van der Waals surface area contributed by atoms with Crippen LogP contribution in [-0.4, -0.2) is 35.8 Å².